The molecule has 0 bridgehead atoms. The molecule has 11 heteroatoms. The van der Waals surface area contributed by atoms with Gasteiger partial charge in [0.15, 0.2) is 0 Å². The van der Waals surface area contributed by atoms with Crippen LogP contribution in [0.4, 0.5) is 4.79 Å². The number of hydrogen-bond acceptors (Lipinski definition) is 5. The minimum Gasteiger partial charge on any atom is -0.480 e. The van der Waals surface area contributed by atoms with Crippen LogP contribution in [0.15, 0.2) is 48.5 Å². The maximum absolute atomic E-state index is 13.6. The topological polar surface area (TPSA) is 134 Å². The van der Waals surface area contributed by atoms with Crippen LogP contribution in [0.5, 0.6) is 0 Å². The number of ether oxygens (including phenoxy) is 1. The highest BCUT2D eigenvalue weighted by molar-refractivity contribution is 6.30. The van der Waals surface area contributed by atoms with E-state index in [2.05, 4.69) is 16.0 Å². The van der Waals surface area contributed by atoms with Crippen molar-refractivity contribution in [2.45, 2.75) is 88.8 Å². The number of aliphatic carboxylic acids is 1. The highest BCUT2D eigenvalue weighted by Crippen LogP contribution is 2.41. The molecule has 44 heavy (non-hydrogen) atoms. The van der Waals surface area contributed by atoms with Crippen molar-refractivity contribution in [2.75, 3.05) is 6.54 Å². The summed E-state index contributed by atoms with van der Waals surface area (Å²) >= 11 is 12.5. The van der Waals surface area contributed by atoms with E-state index in [1.54, 1.807) is 30.3 Å². The lowest BCUT2D eigenvalue weighted by Crippen LogP contribution is -2.53. The first kappa shape index (κ1) is 33.6. The predicted molar refractivity (Wildman–Crippen MR) is 169 cm³/mol. The number of carboxylic acids is 1. The second-order valence-electron chi connectivity index (χ2n) is 12.4. The number of carbonyl (C=O) groups excluding carboxylic acids is 3. The zero-order valence-electron chi connectivity index (χ0n) is 25.1. The van der Waals surface area contributed by atoms with E-state index in [1.807, 2.05) is 32.0 Å². The van der Waals surface area contributed by atoms with Crippen molar-refractivity contribution in [2.24, 2.45) is 11.8 Å². The SMILES string of the molecule is CC(C)(c1cccc(Cl)c1)C(OC(=O)N[C@@H](CC1CCCCC1)C(=O)N[C@@H](C[C@@H]1CCNC1=O)C(=O)O)c1ccc(Cl)cc1. The highest BCUT2D eigenvalue weighted by atomic mass is 35.5. The minimum absolute atomic E-state index is 0.0278. The van der Waals surface area contributed by atoms with Crippen molar-refractivity contribution in [3.05, 3.63) is 69.7 Å². The van der Waals surface area contributed by atoms with Gasteiger partial charge in [-0.1, -0.05) is 93.4 Å². The molecule has 238 valence electrons. The van der Waals surface area contributed by atoms with E-state index in [0.717, 1.165) is 37.7 Å². The van der Waals surface area contributed by atoms with Crippen LogP contribution in [-0.2, 0) is 24.5 Å². The molecule has 2 fully saturated rings. The number of halogens is 2. The Kier molecular flexibility index (Phi) is 11.5. The smallest absolute Gasteiger partial charge is 0.408 e. The summed E-state index contributed by atoms with van der Waals surface area (Å²) in [5, 5.41) is 19.0. The van der Waals surface area contributed by atoms with Gasteiger partial charge >= 0.3 is 12.1 Å². The van der Waals surface area contributed by atoms with Crippen LogP contribution in [-0.4, -0.2) is 47.6 Å². The van der Waals surface area contributed by atoms with E-state index in [-0.39, 0.29) is 18.2 Å². The maximum atomic E-state index is 13.6. The average Bonchev–Trinajstić information content (AvgIpc) is 3.40. The Morgan fingerprint density at radius 1 is 0.955 bits per heavy atom. The lowest BCUT2D eigenvalue weighted by atomic mass is 9.76. The van der Waals surface area contributed by atoms with Crippen LogP contribution in [0.3, 0.4) is 0 Å². The van der Waals surface area contributed by atoms with Gasteiger partial charge in [-0.15, -0.1) is 0 Å². The Bertz CT molecular complexity index is 1330. The standard InChI is InChI=1S/C33H41Cl2N3O6/c1-33(2,23-9-6-10-25(35)19-23)28(21-11-13-24(34)14-12-21)44-32(43)38-26(17-20-7-4-3-5-8-20)30(40)37-27(31(41)42)18-22-15-16-36-29(22)39/h6,9-14,19-20,22,26-28H,3-5,7-8,15-18H2,1-2H3,(H,36,39)(H,37,40)(H,38,43)(H,41,42)/t22-,26-,27-,28?/m0/s1. The number of nitrogens with one attached hydrogen (secondary N) is 3. The molecule has 4 atom stereocenters. The van der Waals surface area contributed by atoms with Gasteiger partial charge in [0.25, 0.3) is 0 Å². The zero-order chi connectivity index (χ0) is 31.9. The Morgan fingerprint density at radius 2 is 1.66 bits per heavy atom. The number of alkyl carbamates (subject to hydrolysis) is 1. The van der Waals surface area contributed by atoms with Crippen molar-refractivity contribution in [1.29, 1.82) is 0 Å². The van der Waals surface area contributed by atoms with E-state index in [4.69, 9.17) is 27.9 Å². The highest BCUT2D eigenvalue weighted by Gasteiger charge is 2.38. The van der Waals surface area contributed by atoms with Crippen LogP contribution in [0.1, 0.15) is 82.4 Å². The van der Waals surface area contributed by atoms with Gasteiger partial charge in [-0.25, -0.2) is 9.59 Å². The van der Waals surface area contributed by atoms with Gasteiger partial charge in [-0.2, -0.15) is 0 Å². The molecule has 4 rings (SSSR count). The van der Waals surface area contributed by atoms with E-state index >= 15 is 0 Å². The van der Waals surface area contributed by atoms with Gasteiger partial charge in [0.2, 0.25) is 11.8 Å². The molecule has 1 aliphatic carbocycles. The van der Waals surface area contributed by atoms with E-state index < -0.39 is 47.5 Å². The molecule has 0 spiro atoms. The number of amides is 3. The lowest BCUT2D eigenvalue weighted by Gasteiger charge is -2.35. The van der Waals surface area contributed by atoms with Crippen molar-refractivity contribution in [1.82, 2.24) is 16.0 Å². The Morgan fingerprint density at radius 3 is 2.27 bits per heavy atom. The van der Waals surface area contributed by atoms with Gasteiger partial charge in [0.1, 0.15) is 18.2 Å². The van der Waals surface area contributed by atoms with Crippen molar-refractivity contribution < 1.29 is 29.0 Å². The summed E-state index contributed by atoms with van der Waals surface area (Å²) in [7, 11) is 0. The summed E-state index contributed by atoms with van der Waals surface area (Å²) in [6, 6.07) is 12.0. The van der Waals surface area contributed by atoms with Crippen molar-refractivity contribution in [3.63, 3.8) is 0 Å². The molecule has 1 heterocycles. The summed E-state index contributed by atoms with van der Waals surface area (Å²) in [6.07, 6.45) is 4.25. The fourth-order valence-corrected chi connectivity index (χ4v) is 6.55. The molecule has 1 saturated heterocycles. The molecular weight excluding hydrogens is 605 g/mol. The molecule has 9 nitrogen and oxygen atoms in total. The summed E-state index contributed by atoms with van der Waals surface area (Å²) in [4.78, 5) is 51.4. The second kappa shape index (κ2) is 15.1. The first-order chi connectivity index (χ1) is 20.9. The molecular formula is C33H41Cl2N3O6. The number of carboxylic acid groups (broad SMARTS) is 1. The molecule has 1 aliphatic heterocycles. The molecule has 1 saturated carbocycles. The predicted octanol–water partition coefficient (Wildman–Crippen LogP) is 6.17. The summed E-state index contributed by atoms with van der Waals surface area (Å²) in [5.74, 6) is -2.38. The van der Waals surface area contributed by atoms with Crippen LogP contribution in [0.25, 0.3) is 0 Å². The van der Waals surface area contributed by atoms with Gasteiger partial charge in [0, 0.05) is 27.9 Å². The molecule has 2 aromatic carbocycles. The Balaban J connectivity index is 1.55. The summed E-state index contributed by atoms with van der Waals surface area (Å²) in [6.45, 7) is 4.35. The third-order valence-electron chi connectivity index (χ3n) is 8.82. The molecule has 2 aliphatic rings. The lowest BCUT2D eigenvalue weighted by molar-refractivity contribution is -0.143. The minimum atomic E-state index is -1.27. The quantitative estimate of drug-likeness (QED) is 0.218. The van der Waals surface area contributed by atoms with Crippen LogP contribution >= 0.6 is 23.2 Å². The molecule has 4 N–H and O–H groups in total. The monoisotopic (exact) mass is 645 g/mol. The van der Waals surface area contributed by atoms with Crippen LogP contribution < -0.4 is 16.0 Å². The number of benzene rings is 2. The normalized spacial score (nSPS) is 19.4. The van der Waals surface area contributed by atoms with Gasteiger partial charge in [-0.3, -0.25) is 9.59 Å². The van der Waals surface area contributed by atoms with E-state index in [0.29, 0.717) is 35.0 Å². The summed E-state index contributed by atoms with van der Waals surface area (Å²) < 4.78 is 6.09. The van der Waals surface area contributed by atoms with Crippen LogP contribution in [0.2, 0.25) is 10.0 Å². The van der Waals surface area contributed by atoms with Crippen LogP contribution in [0, 0.1) is 11.8 Å². The fraction of sp³-hybridized carbons (Fsp3) is 0.515. The van der Waals surface area contributed by atoms with Crippen molar-refractivity contribution in [3.8, 4) is 0 Å². The third-order valence-corrected chi connectivity index (χ3v) is 9.31. The number of rotatable bonds is 12. The Labute approximate surface area is 268 Å². The van der Waals surface area contributed by atoms with Crippen molar-refractivity contribution >= 4 is 47.1 Å². The molecule has 0 radical (unpaired) electrons. The molecule has 2 aromatic rings. The zero-order valence-corrected chi connectivity index (χ0v) is 26.6. The van der Waals surface area contributed by atoms with Gasteiger partial charge < -0.3 is 25.8 Å². The van der Waals surface area contributed by atoms with E-state index in [1.165, 1.54) is 0 Å². The average molecular weight is 647 g/mol. The summed E-state index contributed by atoms with van der Waals surface area (Å²) in [5.41, 5.74) is 0.797. The molecule has 1 unspecified atom stereocenters. The first-order valence-corrected chi connectivity index (χ1v) is 16.0. The largest absolute Gasteiger partial charge is 0.480 e. The third kappa shape index (κ3) is 8.88. The maximum Gasteiger partial charge on any atom is 0.408 e. The molecule has 0 aromatic heterocycles. The van der Waals surface area contributed by atoms with Gasteiger partial charge in [0.05, 0.1) is 0 Å². The first-order valence-electron chi connectivity index (χ1n) is 15.2. The van der Waals surface area contributed by atoms with E-state index in [9.17, 15) is 24.3 Å². The fourth-order valence-electron chi connectivity index (χ4n) is 6.23. The molecule has 3 amide bonds. The number of carbonyl (C=O) groups is 4. The number of hydrogen-bond donors (Lipinski definition) is 4. The van der Waals surface area contributed by atoms with Gasteiger partial charge in [-0.05, 0) is 60.6 Å². The Hall–Kier alpha value is -3.30. The second-order valence-corrected chi connectivity index (χ2v) is 13.3.